The van der Waals surface area contributed by atoms with Gasteiger partial charge in [0.05, 0.1) is 4.90 Å². The Hall–Kier alpha value is -0.190. The van der Waals surface area contributed by atoms with Crippen LogP contribution < -0.4 is 0 Å². The second-order valence-corrected chi connectivity index (χ2v) is 7.40. The van der Waals surface area contributed by atoms with Gasteiger partial charge in [-0.3, -0.25) is 0 Å². The van der Waals surface area contributed by atoms with Gasteiger partial charge in [-0.15, -0.1) is 23.4 Å². The topological polar surface area (TPSA) is 34.1 Å². The Labute approximate surface area is 113 Å². The normalized spacial score (nSPS) is 11.6. The average Bonchev–Trinajstić information content (AvgIpc) is 2.28. The van der Waals surface area contributed by atoms with Crippen LogP contribution in [-0.4, -0.2) is 26.3 Å². The van der Waals surface area contributed by atoms with Crippen molar-refractivity contribution in [3.05, 3.63) is 24.3 Å². The third kappa shape index (κ3) is 5.80. The summed E-state index contributed by atoms with van der Waals surface area (Å²) in [5.74, 6) is 1.78. The highest BCUT2D eigenvalue weighted by molar-refractivity contribution is 7.99. The highest BCUT2D eigenvalue weighted by atomic mass is 35.5. The maximum atomic E-state index is 11.3. The van der Waals surface area contributed by atoms with Gasteiger partial charge in [0.25, 0.3) is 0 Å². The van der Waals surface area contributed by atoms with Crippen molar-refractivity contribution in [3.8, 4) is 0 Å². The minimum atomic E-state index is -3.08. The van der Waals surface area contributed by atoms with Crippen molar-refractivity contribution < 1.29 is 8.42 Å². The lowest BCUT2D eigenvalue weighted by Gasteiger charge is -2.03. The van der Waals surface area contributed by atoms with Gasteiger partial charge in [0, 0.05) is 17.0 Å². The molecular formula is C12H17ClO2S2. The molecule has 0 saturated carbocycles. The molecule has 0 bridgehead atoms. The van der Waals surface area contributed by atoms with Crippen molar-refractivity contribution in [2.75, 3.05) is 17.9 Å². The second-order valence-electron chi connectivity index (χ2n) is 3.84. The van der Waals surface area contributed by atoms with E-state index in [0.29, 0.717) is 4.90 Å². The van der Waals surface area contributed by atoms with E-state index in [4.69, 9.17) is 11.6 Å². The van der Waals surface area contributed by atoms with Crippen molar-refractivity contribution in [2.45, 2.75) is 29.1 Å². The van der Waals surface area contributed by atoms with Gasteiger partial charge in [0.2, 0.25) is 0 Å². The summed E-state index contributed by atoms with van der Waals surface area (Å²) in [6.07, 6.45) is 4.58. The van der Waals surface area contributed by atoms with E-state index in [-0.39, 0.29) is 0 Å². The molecule has 0 heterocycles. The molecule has 0 aliphatic carbocycles. The largest absolute Gasteiger partial charge is 0.224 e. The third-order valence-electron chi connectivity index (χ3n) is 2.30. The molecule has 0 fully saturated rings. The van der Waals surface area contributed by atoms with Crippen molar-refractivity contribution in [2.24, 2.45) is 0 Å². The fraction of sp³-hybridized carbons (Fsp3) is 0.500. The highest BCUT2D eigenvalue weighted by Gasteiger charge is 2.05. The standard InChI is InChI=1S/C12H17ClO2S2/c1-17(14,15)12-7-5-11(6-8-12)16-10-4-2-3-9-13/h5-8H,2-4,9-10H2,1H3. The summed E-state index contributed by atoms with van der Waals surface area (Å²) in [6, 6.07) is 7.05. The number of sulfone groups is 1. The molecule has 2 nitrogen and oxygen atoms in total. The van der Waals surface area contributed by atoms with Crippen molar-refractivity contribution in [3.63, 3.8) is 0 Å². The van der Waals surface area contributed by atoms with E-state index in [1.807, 2.05) is 12.1 Å². The number of hydrogen-bond donors (Lipinski definition) is 0. The molecule has 0 N–H and O–H groups in total. The number of unbranched alkanes of at least 4 members (excludes halogenated alkanes) is 2. The van der Waals surface area contributed by atoms with Gasteiger partial charge in [0.1, 0.15) is 0 Å². The van der Waals surface area contributed by atoms with Gasteiger partial charge in [-0.1, -0.05) is 6.42 Å². The molecular weight excluding hydrogens is 276 g/mol. The smallest absolute Gasteiger partial charge is 0.175 e. The molecule has 0 aliphatic heterocycles. The first-order valence-electron chi connectivity index (χ1n) is 5.53. The van der Waals surface area contributed by atoms with Gasteiger partial charge >= 0.3 is 0 Å². The molecule has 0 spiro atoms. The maximum Gasteiger partial charge on any atom is 0.175 e. The Morgan fingerprint density at radius 3 is 2.29 bits per heavy atom. The van der Waals surface area contributed by atoms with Gasteiger partial charge < -0.3 is 0 Å². The monoisotopic (exact) mass is 292 g/mol. The van der Waals surface area contributed by atoms with Crippen LogP contribution >= 0.6 is 23.4 Å². The van der Waals surface area contributed by atoms with Crippen LogP contribution in [-0.2, 0) is 9.84 Å². The Morgan fingerprint density at radius 1 is 1.12 bits per heavy atom. The number of benzene rings is 1. The van der Waals surface area contributed by atoms with Gasteiger partial charge in [-0.25, -0.2) is 8.42 Å². The van der Waals surface area contributed by atoms with E-state index in [9.17, 15) is 8.42 Å². The summed E-state index contributed by atoms with van der Waals surface area (Å²) in [5.41, 5.74) is 0. The van der Waals surface area contributed by atoms with Crippen molar-refractivity contribution in [1.82, 2.24) is 0 Å². The Balaban J connectivity index is 2.41. The Morgan fingerprint density at radius 2 is 1.76 bits per heavy atom. The Kier molecular flexibility index (Phi) is 6.38. The summed E-state index contributed by atoms with van der Waals surface area (Å²) in [5, 5.41) is 0. The van der Waals surface area contributed by atoms with Crippen molar-refractivity contribution >= 4 is 33.2 Å². The molecule has 0 amide bonds. The number of halogens is 1. The van der Waals surface area contributed by atoms with Crippen LogP contribution in [0, 0.1) is 0 Å². The van der Waals surface area contributed by atoms with Crippen LogP contribution in [0.5, 0.6) is 0 Å². The molecule has 96 valence electrons. The van der Waals surface area contributed by atoms with E-state index >= 15 is 0 Å². The maximum absolute atomic E-state index is 11.3. The van der Waals surface area contributed by atoms with Gasteiger partial charge in [-0.2, -0.15) is 0 Å². The molecule has 1 aromatic carbocycles. The van der Waals surface area contributed by atoms with Crippen LogP contribution in [0.15, 0.2) is 34.1 Å². The first-order valence-corrected chi connectivity index (χ1v) is 8.94. The molecule has 1 rings (SSSR count). The second kappa shape index (κ2) is 7.29. The van der Waals surface area contributed by atoms with E-state index < -0.39 is 9.84 Å². The van der Waals surface area contributed by atoms with E-state index in [0.717, 1.165) is 35.8 Å². The molecule has 0 atom stereocenters. The SMILES string of the molecule is CS(=O)(=O)c1ccc(SCCCCCCl)cc1. The molecule has 0 unspecified atom stereocenters. The van der Waals surface area contributed by atoms with Gasteiger partial charge in [-0.05, 0) is 42.9 Å². The summed E-state index contributed by atoms with van der Waals surface area (Å²) in [6.45, 7) is 0. The zero-order valence-electron chi connectivity index (χ0n) is 9.86. The van der Waals surface area contributed by atoms with Gasteiger partial charge in [0.15, 0.2) is 9.84 Å². The predicted octanol–water partition coefficient (Wildman–Crippen LogP) is 3.59. The van der Waals surface area contributed by atoms with Crippen LogP contribution in [0.3, 0.4) is 0 Å². The number of alkyl halides is 1. The molecule has 0 aromatic heterocycles. The zero-order chi connectivity index (χ0) is 12.7. The lowest BCUT2D eigenvalue weighted by Crippen LogP contribution is -1.96. The molecule has 0 radical (unpaired) electrons. The zero-order valence-corrected chi connectivity index (χ0v) is 12.2. The molecule has 17 heavy (non-hydrogen) atoms. The van der Waals surface area contributed by atoms with Crippen LogP contribution in [0.1, 0.15) is 19.3 Å². The first-order chi connectivity index (χ1) is 8.04. The van der Waals surface area contributed by atoms with Crippen LogP contribution in [0.2, 0.25) is 0 Å². The van der Waals surface area contributed by atoms with Crippen molar-refractivity contribution in [1.29, 1.82) is 0 Å². The van der Waals surface area contributed by atoms with E-state index in [2.05, 4.69) is 0 Å². The minimum absolute atomic E-state index is 0.379. The van der Waals surface area contributed by atoms with Crippen LogP contribution in [0.4, 0.5) is 0 Å². The number of rotatable bonds is 7. The molecule has 0 aliphatic rings. The van der Waals surface area contributed by atoms with Crippen LogP contribution in [0.25, 0.3) is 0 Å². The Bertz CT molecular complexity index is 426. The summed E-state index contributed by atoms with van der Waals surface area (Å²) >= 11 is 7.35. The summed E-state index contributed by atoms with van der Waals surface area (Å²) < 4.78 is 22.5. The fourth-order valence-corrected chi connectivity index (χ4v) is 3.08. The quantitative estimate of drug-likeness (QED) is 0.437. The fourth-order valence-electron chi connectivity index (χ4n) is 1.35. The highest BCUT2D eigenvalue weighted by Crippen LogP contribution is 2.21. The van der Waals surface area contributed by atoms with E-state index in [1.165, 1.54) is 6.26 Å². The first kappa shape index (κ1) is 14.9. The molecule has 5 heteroatoms. The summed E-state index contributed by atoms with van der Waals surface area (Å²) in [7, 11) is -3.08. The molecule has 0 saturated heterocycles. The number of hydrogen-bond acceptors (Lipinski definition) is 3. The average molecular weight is 293 g/mol. The summed E-state index contributed by atoms with van der Waals surface area (Å²) in [4.78, 5) is 1.49. The number of thioether (sulfide) groups is 1. The minimum Gasteiger partial charge on any atom is -0.224 e. The molecule has 1 aromatic rings. The predicted molar refractivity (Wildman–Crippen MR) is 74.8 cm³/mol. The third-order valence-corrected chi connectivity index (χ3v) is 4.79. The van der Waals surface area contributed by atoms with E-state index in [1.54, 1.807) is 23.9 Å². The lowest BCUT2D eigenvalue weighted by molar-refractivity contribution is 0.602. The lowest BCUT2D eigenvalue weighted by atomic mass is 10.3.